The molecule has 176 valence electrons. The number of amides is 1. The number of nitrogens with zero attached hydrogens (tertiary/aromatic N) is 4. The number of anilines is 2. The van der Waals surface area contributed by atoms with Crippen LogP contribution in [0.3, 0.4) is 0 Å². The van der Waals surface area contributed by atoms with E-state index in [1.165, 1.54) is 16.9 Å². The summed E-state index contributed by atoms with van der Waals surface area (Å²) in [4.78, 5) is 30.1. The number of carbonyl (C=O) groups excluding carboxylic acids is 1. The first-order valence-electron chi connectivity index (χ1n) is 11.2. The molecular weight excluding hydrogens is 438 g/mol. The van der Waals surface area contributed by atoms with Gasteiger partial charge in [0.05, 0.1) is 11.4 Å². The monoisotopic (exact) mass is 469 g/mol. The summed E-state index contributed by atoms with van der Waals surface area (Å²) in [5, 5.41) is 10.2. The van der Waals surface area contributed by atoms with Gasteiger partial charge in [-0.15, -0.1) is 11.3 Å². The Morgan fingerprint density at radius 2 is 2.06 bits per heavy atom. The van der Waals surface area contributed by atoms with Crippen molar-refractivity contribution in [3.63, 3.8) is 0 Å². The van der Waals surface area contributed by atoms with E-state index in [2.05, 4.69) is 39.2 Å². The molecule has 3 aromatic rings. The van der Waals surface area contributed by atoms with Crippen molar-refractivity contribution in [3.8, 4) is 0 Å². The Hall–Kier alpha value is -2.82. The topological polar surface area (TPSA) is 143 Å². The molecule has 0 radical (unpaired) electrons. The number of hydrogen-bond donors (Lipinski definition) is 4. The molecule has 0 spiro atoms. The molecule has 9 nitrogen and oxygen atoms in total. The van der Waals surface area contributed by atoms with Crippen LogP contribution in [0.5, 0.6) is 0 Å². The number of fused-ring (bicyclic) bond motifs is 2. The first-order valence-corrected chi connectivity index (χ1v) is 12.0. The molecule has 0 bridgehead atoms. The molecule has 1 fully saturated rings. The average Bonchev–Trinajstić information content (AvgIpc) is 3.33. The second-order valence-electron chi connectivity index (χ2n) is 8.74. The van der Waals surface area contributed by atoms with Crippen LogP contribution in [0.1, 0.15) is 40.0 Å². The number of pyridine rings is 1. The van der Waals surface area contributed by atoms with E-state index < -0.39 is 0 Å². The molecule has 1 amide bonds. The summed E-state index contributed by atoms with van der Waals surface area (Å²) >= 11 is 1.30. The van der Waals surface area contributed by atoms with Gasteiger partial charge in [-0.05, 0) is 43.7 Å². The van der Waals surface area contributed by atoms with Gasteiger partial charge in [0.1, 0.15) is 21.0 Å². The normalized spacial score (nSPS) is 22.0. The van der Waals surface area contributed by atoms with E-state index in [1.54, 1.807) is 6.20 Å². The highest BCUT2D eigenvalue weighted by Gasteiger charge is 2.29. The molecule has 5 rings (SSSR count). The Morgan fingerprint density at radius 1 is 1.27 bits per heavy atom. The quantitative estimate of drug-likeness (QED) is 0.453. The minimum absolute atomic E-state index is 0.0557. The largest absolute Gasteiger partial charge is 0.400 e. The Labute approximate surface area is 197 Å². The van der Waals surface area contributed by atoms with Gasteiger partial charge in [0, 0.05) is 44.2 Å². The zero-order chi connectivity index (χ0) is 23.7. The Kier molecular flexibility index (Phi) is 6.78. The van der Waals surface area contributed by atoms with Crippen LogP contribution in [0.2, 0.25) is 0 Å². The van der Waals surface area contributed by atoms with Gasteiger partial charge in [0.2, 0.25) is 0 Å². The van der Waals surface area contributed by atoms with Gasteiger partial charge in [0.25, 0.3) is 5.91 Å². The number of aliphatic hydroxyl groups excluding tert-OH is 1. The number of aromatic nitrogens is 3. The standard InChI is InChI=1S/C22H27N7OS.CH4O/c1-11-9-29(10-15(11)23)17-6-3-13-7-14(4-5-16(13)28-17)27-21(30)20-18(24)19-22(31-20)26-12(2)8-25-19;1-2/h3,6,8,11,14-15H,4-5,7,9-10,23-24H2,1-2H3,(H,27,30);2H,1H3. The third-order valence-corrected chi connectivity index (χ3v) is 7.43. The molecule has 3 aromatic heterocycles. The number of hydrogen-bond acceptors (Lipinski definition) is 9. The van der Waals surface area contributed by atoms with E-state index >= 15 is 0 Å². The fraction of sp³-hybridized carbons (Fsp3) is 0.478. The number of aryl methyl sites for hydroxylation is 2. The third kappa shape index (κ3) is 4.64. The van der Waals surface area contributed by atoms with Gasteiger partial charge in [0.15, 0.2) is 0 Å². The molecule has 33 heavy (non-hydrogen) atoms. The Balaban J connectivity index is 0.00000126. The average molecular weight is 470 g/mol. The van der Waals surface area contributed by atoms with E-state index in [1.807, 2.05) is 6.92 Å². The van der Waals surface area contributed by atoms with Gasteiger partial charge in [-0.3, -0.25) is 4.79 Å². The zero-order valence-electron chi connectivity index (χ0n) is 19.2. The number of carbonyl (C=O) groups is 1. The summed E-state index contributed by atoms with van der Waals surface area (Å²) in [7, 11) is 1.00. The second kappa shape index (κ2) is 9.58. The molecule has 6 N–H and O–H groups in total. The van der Waals surface area contributed by atoms with Crippen LogP contribution in [-0.2, 0) is 12.8 Å². The van der Waals surface area contributed by atoms with Gasteiger partial charge < -0.3 is 26.8 Å². The van der Waals surface area contributed by atoms with Gasteiger partial charge in [-0.2, -0.15) is 0 Å². The molecule has 0 saturated carbocycles. The van der Waals surface area contributed by atoms with Crippen molar-refractivity contribution in [1.82, 2.24) is 20.3 Å². The maximum atomic E-state index is 12.9. The molecule has 10 heteroatoms. The van der Waals surface area contributed by atoms with Crippen molar-refractivity contribution in [2.75, 3.05) is 30.8 Å². The lowest BCUT2D eigenvalue weighted by Crippen LogP contribution is -2.39. The van der Waals surface area contributed by atoms with Crippen molar-refractivity contribution in [2.24, 2.45) is 11.7 Å². The zero-order valence-corrected chi connectivity index (χ0v) is 20.0. The van der Waals surface area contributed by atoms with Crippen molar-refractivity contribution in [3.05, 3.63) is 40.2 Å². The lowest BCUT2D eigenvalue weighted by Gasteiger charge is -2.26. The fourth-order valence-electron chi connectivity index (χ4n) is 4.47. The van der Waals surface area contributed by atoms with E-state index in [0.29, 0.717) is 26.8 Å². The SMILES string of the molecule is CO.Cc1cnc2c(N)c(C(=O)NC3CCc4nc(N5CC(C)C(N)C5)ccc4C3)sc2n1. The van der Waals surface area contributed by atoms with Crippen LogP contribution in [-0.4, -0.2) is 58.2 Å². The highest BCUT2D eigenvalue weighted by Crippen LogP contribution is 2.31. The number of thiophene rings is 1. The summed E-state index contributed by atoms with van der Waals surface area (Å²) < 4.78 is 0. The molecule has 1 aliphatic heterocycles. The highest BCUT2D eigenvalue weighted by atomic mass is 32.1. The number of nitrogens with one attached hydrogen (secondary N) is 1. The van der Waals surface area contributed by atoms with Crippen molar-refractivity contribution < 1.29 is 9.90 Å². The predicted molar refractivity (Wildman–Crippen MR) is 132 cm³/mol. The fourth-order valence-corrected chi connectivity index (χ4v) is 5.47. The molecule has 1 saturated heterocycles. The molecule has 0 aromatic carbocycles. The van der Waals surface area contributed by atoms with Crippen LogP contribution in [0.15, 0.2) is 18.3 Å². The first-order chi connectivity index (χ1) is 15.9. The van der Waals surface area contributed by atoms with E-state index in [0.717, 1.165) is 56.7 Å². The van der Waals surface area contributed by atoms with Crippen LogP contribution >= 0.6 is 11.3 Å². The summed E-state index contributed by atoms with van der Waals surface area (Å²) in [6.45, 7) is 5.86. The molecule has 3 unspecified atom stereocenters. The Morgan fingerprint density at radius 3 is 2.79 bits per heavy atom. The van der Waals surface area contributed by atoms with Crippen molar-refractivity contribution in [1.29, 1.82) is 0 Å². The number of rotatable bonds is 3. The van der Waals surface area contributed by atoms with E-state index in [4.69, 9.17) is 21.6 Å². The van der Waals surface area contributed by atoms with E-state index in [9.17, 15) is 4.79 Å². The Bertz CT molecular complexity index is 1160. The minimum atomic E-state index is -0.155. The molecule has 4 heterocycles. The van der Waals surface area contributed by atoms with Crippen LogP contribution < -0.4 is 21.7 Å². The van der Waals surface area contributed by atoms with Crippen LogP contribution in [0.4, 0.5) is 11.5 Å². The molecule has 2 aliphatic rings. The lowest BCUT2D eigenvalue weighted by atomic mass is 9.91. The molecule has 3 atom stereocenters. The summed E-state index contributed by atoms with van der Waals surface area (Å²) in [5.74, 6) is 1.33. The molecule has 1 aliphatic carbocycles. The van der Waals surface area contributed by atoms with Crippen molar-refractivity contribution in [2.45, 2.75) is 45.2 Å². The van der Waals surface area contributed by atoms with Crippen LogP contribution in [0, 0.1) is 12.8 Å². The van der Waals surface area contributed by atoms with Crippen molar-refractivity contribution >= 4 is 39.1 Å². The predicted octanol–water partition coefficient (Wildman–Crippen LogP) is 1.66. The summed E-state index contributed by atoms with van der Waals surface area (Å²) in [5.41, 5.74) is 16.5. The summed E-state index contributed by atoms with van der Waals surface area (Å²) in [6.07, 6.45) is 4.13. The lowest BCUT2D eigenvalue weighted by molar-refractivity contribution is 0.0938. The number of nitrogens with two attached hydrogens (primary N) is 2. The maximum Gasteiger partial charge on any atom is 0.263 e. The highest BCUT2D eigenvalue weighted by molar-refractivity contribution is 7.21. The first kappa shape index (κ1) is 23.3. The third-order valence-electron chi connectivity index (χ3n) is 6.35. The number of aliphatic hydroxyl groups is 1. The van der Waals surface area contributed by atoms with Gasteiger partial charge in [-0.1, -0.05) is 13.0 Å². The van der Waals surface area contributed by atoms with E-state index in [-0.39, 0.29) is 18.0 Å². The molecular formula is C23H31N7O2S. The minimum Gasteiger partial charge on any atom is -0.400 e. The van der Waals surface area contributed by atoms with Gasteiger partial charge >= 0.3 is 0 Å². The van der Waals surface area contributed by atoms with Gasteiger partial charge in [-0.25, -0.2) is 15.0 Å². The smallest absolute Gasteiger partial charge is 0.263 e. The summed E-state index contributed by atoms with van der Waals surface area (Å²) in [6, 6.07) is 4.49. The maximum absolute atomic E-state index is 12.9. The van der Waals surface area contributed by atoms with Crippen LogP contribution in [0.25, 0.3) is 10.3 Å². The number of nitrogen functional groups attached to an aromatic ring is 1. The second-order valence-corrected chi connectivity index (χ2v) is 9.74.